The van der Waals surface area contributed by atoms with Crippen LogP contribution in [-0.2, 0) is 14.3 Å². The summed E-state index contributed by atoms with van der Waals surface area (Å²) in [4.78, 5) is 35.7. The van der Waals surface area contributed by atoms with Gasteiger partial charge in [-0.25, -0.2) is 4.98 Å². The summed E-state index contributed by atoms with van der Waals surface area (Å²) in [6, 6.07) is 8.42. The molecule has 1 fully saturated rings. The maximum atomic E-state index is 13.7. The minimum absolute atomic E-state index is 0.0355. The molecule has 4 rings (SSSR count). The monoisotopic (exact) mass is 460 g/mol. The second-order valence-corrected chi connectivity index (χ2v) is 7.94. The number of aliphatic hydroxyl groups is 2. The van der Waals surface area contributed by atoms with Gasteiger partial charge in [0.15, 0.2) is 23.2 Å². The molecular weight excluding hydrogens is 439 g/mol. The molecule has 1 saturated heterocycles. The van der Waals surface area contributed by atoms with Gasteiger partial charge in [-0.3, -0.25) is 14.2 Å². The van der Waals surface area contributed by atoms with Crippen LogP contribution in [-0.4, -0.2) is 65.0 Å². The van der Waals surface area contributed by atoms with Gasteiger partial charge in [0.1, 0.15) is 23.7 Å². The summed E-state index contributed by atoms with van der Waals surface area (Å²) in [5.74, 6) is -2.29. The van der Waals surface area contributed by atoms with Crippen molar-refractivity contribution in [2.75, 3.05) is 11.1 Å². The number of aliphatic hydroxyl groups excluding tert-OH is 2. The number of imidazole rings is 1. The predicted molar refractivity (Wildman–Crippen MR) is 111 cm³/mol. The van der Waals surface area contributed by atoms with Crippen LogP contribution in [0.25, 0.3) is 11.2 Å². The predicted octanol–water partition coefficient (Wildman–Crippen LogP) is 0.286. The molecule has 0 bridgehead atoms. The number of carboxylic acid groups (broad SMARTS) is 1. The van der Waals surface area contributed by atoms with E-state index < -0.39 is 54.3 Å². The second kappa shape index (κ2) is 8.35. The summed E-state index contributed by atoms with van der Waals surface area (Å²) in [7, 11) is 0. The number of nitrogen functional groups attached to an aromatic ring is 1. The number of hydrogen-bond donors (Lipinski definition) is 5. The molecule has 5 atom stereocenters. The SMILES string of the molecule is CC(CC(=O)Nc1ccccc1)(C(=O)O)[C@H]1O[C@@H](n2cnc3c(N)nc(F)nc32)[C@H](O)[C@@H]1O. The molecule has 12 nitrogen and oxygen atoms in total. The molecular formula is C20H21FN6O6. The number of carbonyl (C=O) groups excluding carboxylic acids is 1. The molecule has 1 unspecified atom stereocenters. The fourth-order valence-electron chi connectivity index (χ4n) is 3.87. The van der Waals surface area contributed by atoms with Crippen LogP contribution in [0.5, 0.6) is 0 Å². The van der Waals surface area contributed by atoms with Crippen molar-refractivity contribution >= 4 is 34.5 Å². The molecule has 33 heavy (non-hydrogen) atoms. The summed E-state index contributed by atoms with van der Waals surface area (Å²) >= 11 is 0. The number of nitrogens with zero attached hydrogens (tertiary/aromatic N) is 4. The third-order valence-corrected chi connectivity index (χ3v) is 5.64. The Morgan fingerprint density at radius 1 is 1.24 bits per heavy atom. The van der Waals surface area contributed by atoms with Gasteiger partial charge >= 0.3 is 12.0 Å². The molecule has 0 radical (unpaired) electrons. The van der Waals surface area contributed by atoms with E-state index in [1.54, 1.807) is 30.3 Å². The van der Waals surface area contributed by atoms with Crippen molar-refractivity contribution in [1.82, 2.24) is 19.5 Å². The lowest BCUT2D eigenvalue weighted by Gasteiger charge is -2.32. The lowest BCUT2D eigenvalue weighted by molar-refractivity contribution is -0.166. The van der Waals surface area contributed by atoms with Crippen molar-refractivity contribution in [3.05, 3.63) is 42.7 Å². The first-order valence-electron chi connectivity index (χ1n) is 9.87. The second-order valence-electron chi connectivity index (χ2n) is 7.94. The third kappa shape index (κ3) is 3.97. The van der Waals surface area contributed by atoms with E-state index in [0.29, 0.717) is 5.69 Å². The average molecular weight is 460 g/mol. The highest BCUT2D eigenvalue weighted by atomic mass is 19.1. The third-order valence-electron chi connectivity index (χ3n) is 5.64. The fourth-order valence-corrected chi connectivity index (χ4v) is 3.87. The molecule has 1 aliphatic heterocycles. The van der Waals surface area contributed by atoms with Gasteiger partial charge in [0.2, 0.25) is 5.91 Å². The van der Waals surface area contributed by atoms with Gasteiger partial charge in [-0.15, -0.1) is 0 Å². The number of para-hydroxylation sites is 1. The van der Waals surface area contributed by atoms with Crippen LogP contribution in [0.3, 0.4) is 0 Å². The first-order chi connectivity index (χ1) is 15.6. The molecule has 1 amide bonds. The van der Waals surface area contributed by atoms with Gasteiger partial charge in [0.25, 0.3) is 0 Å². The van der Waals surface area contributed by atoms with Gasteiger partial charge in [-0.2, -0.15) is 14.4 Å². The van der Waals surface area contributed by atoms with Gasteiger partial charge < -0.3 is 31.1 Å². The number of ether oxygens (including phenoxy) is 1. The Morgan fingerprint density at radius 3 is 2.61 bits per heavy atom. The van der Waals surface area contributed by atoms with Crippen molar-refractivity contribution in [2.24, 2.45) is 5.41 Å². The maximum Gasteiger partial charge on any atom is 0.312 e. The van der Waals surface area contributed by atoms with E-state index in [0.717, 1.165) is 10.9 Å². The number of anilines is 2. The van der Waals surface area contributed by atoms with Crippen LogP contribution < -0.4 is 11.1 Å². The number of aliphatic carboxylic acids is 1. The Balaban J connectivity index is 1.62. The number of aromatic nitrogens is 4. The van der Waals surface area contributed by atoms with Crippen molar-refractivity contribution in [3.8, 4) is 0 Å². The van der Waals surface area contributed by atoms with Crippen molar-refractivity contribution < 1.29 is 34.0 Å². The number of nitrogens with one attached hydrogen (secondary N) is 1. The van der Waals surface area contributed by atoms with Gasteiger partial charge in [-0.1, -0.05) is 18.2 Å². The van der Waals surface area contributed by atoms with Crippen LogP contribution in [0.1, 0.15) is 19.6 Å². The van der Waals surface area contributed by atoms with E-state index >= 15 is 0 Å². The topological polar surface area (TPSA) is 186 Å². The molecule has 13 heteroatoms. The average Bonchev–Trinajstić information content (AvgIpc) is 3.30. The highest BCUT2D eigenvalue weighted by Crippen LogP contribution is 2.42. The molecule has 6 N–H and O–H groups in total. The van der Waals surface area contributed by atoms with Crippen LogP contribution in [0.15, 0.2) is 36.7 Å². The highest BCUT2D eigenvalue weighted by molar-refractivity contribution is 5.94. The summed E-state index contributed by atoms with van der Waals surface area (Å²) in [6.07, 6.45) is -6.76. The van der Waals surface area contributed by atoms with Crippen LogP contribution in [0, 0.1) is 11.5 Å². The van der Waals surface area contributed by atoms with E-state index in [1.165, 1.54) is 6.92 Å². The largest absolute Gasteiger partial charge is 0.481 e. The summed E-state index contributed by atoms with van der Waals surface area (Å²) in [5, 5.41) is 33.8. The zero-order valence-corrected chi connectivity index (χ0v) is 17.3. The van der Waals surface area contributed by atoms with E-state index in [-0.39, 0.29) is 17.0 Å². The Bertz CT molecular complexity index is 1210. The molecule has 1 aliphatic rings. The Hall–Kier alpha value is -3.68. The molecule has 0 aliphatic carbocycles. The standard InChI is InChI=1S/C20H21FN6O6/c1-20(18(31)32,7-10(28)24-9-5-3-2-4-6-9)14-12(29)13(30)17(33-14)27-8-23-11-15(22)25-19(21)26-16(11)27/h2-6,8,12-14,17,29-30H,7H2,1H3,(H,24,28)(H,31,32)(H2,22,25,26)/t12-,13+,14-,17+,20?/m0/s1. The smallest absolute Gasteiger partial charge is 0.312 e. The quantitative estimate of drug-likeness (QED) is 0.320. The molecule has 1 aromatic carbocycles. The number of hydrogen-bond acceptors (Lipinski definition) is 9. The van der Waals surface area contributed by atoms with E-state index in [2.05, 4.69) is 20.3 Å². The molecule has 3 aromatic rings. The van der Waals surface area contributed by atoms with Gasteiger partial charge in [0, 0.05) is 12.1 Å². The molecule has 3 heterocycles. The highest BCUT2D eigenvalue weighted by Gasteiger charge is 2.56. The lowest BCUT2D eigenvalue weighted by Crippen LogP contribution is -2.48. The van der Waals surface area contributed by atoms with Gasteiger partial charge in [0.05, 0.1) is 6.33 Å². The summed E-state index contributed by atoms with van der Waals surface area (Å²) < 4.78 is 20.5. The zero-order valence-electron chi connectivity index (χ0n) is 17.3. The first-order valence-corrected chi connectivity index (χ1v) is 9.87. The Labute approximate surface area is 185 Å². The number of fused-ring (bicyclic) bond motifs is 1. The summed E-state index contributed by atoms with van der Waals surface area (Å²) in [5.41, 5.74) is 4.10. The van der Waals surface area contributed by atoms with Crippen LogP contribution in [0.4, 0.5) is 15.9 Å². The first kappa shape index (κ1) is 22.5. The number of rotatable bonds is 6. The fraction of sp³-hybridized carbons (Fsp3) is 0.350. The van der Waals surface area contributed by atoms with Crippen molar-refractivity contribution in [2.45, 2.75) is 37.9 Å². The number of amides is 1. The minimum atomic E-state index is -1.93. The van der Waals surface area contributed by atoms with Crippen molar-refractivity contribution in [3.63, 3.8) is 0 Å². The normalized spacial score (nSPS) is 24.5. The lowest BCUT2D eigenvalue weighted by atomic mass is 9.78. The van der Waals surface area contributed by atoms with E-state index in [1.807, 2.05) is 0 Å². The number of carbonyl (C=O) groups is 2. The summed E-state index contributed by atoms with van der Waals surface area (Å²) in [6.45, 7) is 1.23. The maximum absolute atomic E-state index is 13.7. The van der Waals surface area contributed by atoms with Crippen LogP contribution >= 0.6 is 0 Å². The minimum Gasteiger partial charge on any atom is -0.481 e. The number of nitrogens with two attached hydrogens (primary N) is 1. The zero-order chi connectivity index (χ0) is 23.9. The number of carboxylic acids is 1. The van der Waals surface area contributed by atoms with E-state index in [9.17, 15) is 29.3 Å². The Kier molecular flexibility index (Phi) is 5.69. The van der Waals surface area contributed by atoms with Crippen molar-refractivity contribution in [1.29, 1.82) is 0 Å². The Morgan fingerprint density at radius 2 is 1.94 bits per heavy atom. The molecule has 2 aromatic heterocycles. The molecule has 174 valence electrons. The van der Waals surface area contributed by atoms with E-state index in [4.69, 9.17) is 10.5 Å². The number of halogens is 1. The van der Waals surface area contributed by atoms with Gasteiger partial charge in [-0.05, 0) is 19.1 Å². The molecule has 0 saturated carbocycles. The molecule has 0 spiro atoms. The van der Waals surface area contributed by atoms with Crippen LogP contribution in [0.2, 0.25) is 0 Å². The number of benzene rings is 1.